The van der Waals surface area contributed by atoms with Crippen molar-refractivity contribution < 1.29 is 19.4 Å². The van der Waals surface area contributed by atoms with Gasteiger partial charge in [-0.25, -0.2) is 9.80 Å². The number of carbonyl (C=O) groups is 2. The molecule has 1 atom stereocenters. The molecule has 92 valence electrons. The lowest BCUT2D eigenvalue weighted by Crippen LogP contribution is -2.43. The van der Waals surface area contributed by atoms with Crippen molar-refractivity contribution in [2.24, 2.45) is 5.92 Å². The van der Waals surface area contributed by atoms with Crippen molar-refractivity contribution in [3.63, 3.8) is 0 Å². The highest BCUT2D eigenvalue weighted by atomic mass is 16.6. The van der Waals surface area contributed by atoms with Gasteiger partial charge in [0.25, 0.3) is 0 Å². The van der Waals surface area contributed by atoms with Gasteiger partial charge in [-0.1, -0.05) is 0 Å². The van der Waals surface area contributed by atoms with E-state index in [4.69, 9.17) is 9.84 Å². The van der Waals surface area contributed by atoms with Gasteiger partial charge in [0.15, 0.2) is 0 Å². The van der Waals surface area contributed by atoms with Crippen LogP contribution in [-0.2, 0) is 9.53 Å². The standard InChI is InChI=1S/C10H18N2O4/c1-10(2,3)16-9(15)11-12-5-4-7(6-12)8(13)14/h7H,4-6H2,1-3H3,(H,11,15)(H,13,14). The minimum absolute atomic E-state index is 0.328. The predicted octanol–water partition coefficient (Wildman–Crippen LogP) is 0.833. The molecule has 1 aliphatic heterocycles. The Bertz CT molecular complexity index is 285. The van der Waals surface area contributed by atoms with Crippen LogP contribution in [0.25, 0.3) is 0 Å². The van der Waals surface area contributed by atoms with Gasteiger partial charge in [-0.05, 0) is 27.2 Å². The largest absolute Gasteiger partial charge is 0.481 e. The van der Waals surface area contributed by atoms with Crippen LogP contribution in [0.3, 0.4) is 0 Å². The minimum atomic E-state index is -0.825. The first kappa shape index (κ1) is 12.8. The molecule has 0 saturated carbocycles. The molecule has 1 saturated heterocycles. The molecule has 6 nitrogen and oxygen atoms in total. The van der Waals surface area contributed by atoms with Gasteiger partial charge in [0.2, 0.25) is 0 Å². The van der Waals surface area contributed by atoms with Gasteiger partial charge in [-0.15, -0.1) is 0 Å². The lowest BCUT2D eigenvalue weighted by Gasteiger charge is -2.23. The molecule has 1 amide bonds. The molecule has 1 unspecified atom stereocenters. The van der Waals surface area contributed by atoms with Crippen LogP contribution in [0.15, 0.2) is 0 Å². The minimum Gasteiger partial charge on any atom is -0.481 e. The molecule has 0 aromatic heterocycles. The molecule has 2 N–H and O–H groups in total. The molecule has 0 radical (unpaired) electrons. The van der Waals surface area contributed by atoms with E-state index in [2.05, 4.69) is 5.43 Å². The average molecular weight is 230 g/mol. The van der Waals surface area contributed by atoms with Crippen molar-refractivity contribution in [1.82, 2.24) is 10.4 Å². The molecule has 16 heavy (non-hydrogen) atoms. The fourth-order valence-electron chi connectivity index (χ4n) is 1.49. The summed E-state index contributed by atoms with van der Waals surface area (Å²) in [6.45, 7) is 6.19. The third kappa shape index (κ3) is 4.06. The Labute approximate surface area is 94.5 Å². The molecular formula is C10H18N2O4. The first-order valence-corrected chi connectivity index (χ1v) is 5.25. The first-order chi connectivity index (χ1) is 7.28. The highest BCUT2D eigenvalue weighted by Gasteiger charge is 2.29. The molecule has 0 aliphatic carbocycles. The van der Waals surface area contributed by atoms with E-state index in [1.54, 1.807) is 25.8 Å². The van der Waals surface area contributed by atoms with Crippen molar-refractivity contribution in [2.75, 3.05) is 13.1 Å². The fraction of sp³-hybridized carbons (Fsp3) is 0.800. The number of ether oxygens (including phenoxy) is 1. The van der Waals surface area contributed by atoms with Gasteiger partial charge in [-0.3, -0.25) is 10.2 Å². The lowest BCUT2D eigenvalue weighted by atomic mass is 10.1. The van der Waals surface area contributed by atoms with Gasteiger partial charge in [0.1, 0.15) is 5.60 Å². The number of hydrogen-bond acceptors (Lipinski definition) is 4. The number of hydrazine groups is 1. The van der Waals surface area contributed by atoms with E-state index in [0.717, 1.165) is 0 Å². The quantitative estimate of drug-likeness (QED) is 0.734. The maximum Gasteiger partial charge on any atom is 0.422 e. The monoisotopic (exact) mass is 230 g/mol. The Morgan fingerprint density at radius 1 is 1.44 bits per heavy atom. The van der Waals surface area contributed by atoms with Crippen LogP contribution in [0, 0.1) is 5.92 Å². The van der Waals surface area contributed by atoms with Crippen molar-refractivity contribution in [2.45, 2.75) is 32.8 Å². The third-order valence-corrected chi connectivity index (χ3v) is 2.19. The van der Waals surface area contributed by atoms with E-state index in [-0.39, 0.29) is 0 Å². The van der Waals surface area contributed by atoms with Crippen LogP contribution in [-0.4, -0.2) is 40.9 Å². The molecule has 1 heterocycles. The zero-order valence-electron chi connectivity index (χ0n) is 9.82. The van der Waals surface area contributed by atoms with Gasteiger partial charge in [0.05, 0.1) is 5.92 Å². The molecule has 1 aliphatic rings. The molecule has 0 spiro atoms. The van der Waals surface area contributed by atoms with Crippen molar-refractivity contribution in [3.8, 4) is 0 Å². The maximum atomic E-state index is 11.4. The second-order valence-electron chi connectivity index (χ2n) is 4.88. The molecule has 1 fully saturated rings. The van der Waals surface area contributed by atoms with E-state index >= 15 is 0 Å². The van der Waals surface area contributed by atoms with Crippen LogP contribution in [0.5, 0.6) is 0 Å². The number of carbonyl (C=O) groups excluding carboxylic acids is 1. The molecule has 1 rings (SSSR count). The van der Waals surface area contributed by atoms with E-state index in [0.29, 0.717) is 19.5 Å². The number of nitrogens with zero attached hydrogens (tertiary/aromatic N) is 1. The van der Waals surface area contributed by atoms with Gasteiger partial charge >= 0.3 is 12.1 Å². The lowest BCUT2D eigenvalue weighted by molar-refractivity contribution is -0.141. The zero-order chi connectivity index (χ0) is 12.3. The summed E-state index contributed by atoms with van der Waals surface area (Å²) in [5.74, 6) is -1.23. The number of rotatable bonds is 2. The van der Waals surface area contributed by atoms with Crippen molar-refractivity contribution >= 4 is 12.1 Å². The second kappa shape index (κ2) is 4.69. The van der Waals surface area contributed by atoms with Crippen LogP contribution in [0.4, 0.5) is 4.79 Å². The van der Waals surface area contributed by atoms with Crippen LogP contribution in [0.1, 0.15) is 27.2 Å². The number of carboxylic acids is 1. The third-order valence-electron chi connectivity index (χ3n) is 2.19. The van der Waals surface area contributed by atoms with Gasteiger partial charge in [0, 0.05) is 13.1 Å². The van der Waals surface area contributed by atoms with E-state index in [9.17, 15) is 9.59 Å². The predicted molar refractivity (Wildman–Crippen MR) is 56.7 cm³/mol. The smallest absolute Gasteiger partial charge is 0.422 e. The molecule has 0 bridgehead atoms. The normalized spacial score (nSPS) is 21.8. The number of hydrogen-bond donors (Lipinski definition) is 2. The number of amides is 1. The SMILES string of the molecule is CC(C)(C)OC(=O)NN1CCC(C(=O)O)C1. The summed E-state index contributed by atoms with van der Waals surface area (Å²) in [6, 6.07) is 0. The Balaban J connectivity index is 2.34. The second-order valence-corrected chi connectivity index (χ2v) is 4.88. The molecule has 0 aromatic rings. The van der Waals surface area contributed by atoms with Gasteiger partial charge < -0.3 is 9.84 Å². The number of nitrogens with one attached hydrogen (secondary N) is 1. The fourth-order valence-corrected chi connectivity index (χ4v) is 1.49. The van der Waals surface area contributed by atoms with Crippen LogP contribution < -0.4 is 5.43 Å². The first-order valence-electron chi connectivity index (χ1n) is 5.25. The Morgan fingerprint density at radius 3 is 2.50 bits per heavy atom. The molecular weight excluding hydrogens is 212 g/mol. The Morgan fingerprint density at radius 2 is 2.06 bits per heavy atom. The van der Waals surface area contributed by atoms with E-state index in [1.165, 1.54) is 0 Å². The summed E-state index contributed by atoms with van der Waals surface area (Å²) in [5.41, 5.74) is 1.98. The summed E-state index contributed by atoms with van der Waals surface area (Å²) in [5, 5.41) is 10.4. The summed E-state index contributed by atoms with van der Waals surface area (Å²) in [4.78, 5) is 22.1. The zero-order valence-corrected chi connectivity index (χ0v) is 9.82. The summed E-state index contributed by atoms with van der Waals surface area (Å²) >= 11 is 0. The van der Waals surface area contributed by atoms with Crippen molar-refractivity contribution in [3.05, 3.63) is 0 Å². The van der Waals surface area contributed by atoms with Crippen molar-refractivity contribution in [1.29, 1.82) is 0 Å². The van der Waals surface area contributed by atoms with Crippen LogP contribution >= 0.6 is 0 Å². The maximum absolute atomic E-state index is 11.4. The highest BCUT2D eigenvalue weighted by molar-refractivity contribution is 5.71. The number of aliphatic carboxylic acids is 1. The summed E-state index contributed by atoms with van der Waals surface area (Å²) in [7, 11) is 0. The molecule has 0 aromatic carbocycles. The topological polar surface area (TPSA) is 78.9 Å². The number of carboxylic acid groups (broad SMARTS) is 1. The average Bonchev–Trinajstić information content (AvgIpc) is 2.48. The van der Waals surface area contributed by atoms with Crippen LogP contribution in [0.2, 0.25) is 0 Å². The summed E-state index contributed by atoms with van der Waals surface area (Å²) < 4.78 is 5.06. The highest BCUT2D eigenvalue weighted by Crippen LogP contribution is 2.14. The van der Waals surface area contributed by atoms with E-state index in [1.807, 2.05) is 0 Å². The Hall–Kier alpha value is -1.30. The summed E-state index contributed by atoms with van der Waals surface area (Å²) in [6.07, 6.45) is 0.00374. The molecule has 6 heteroatoms. The Kier molecular flexibility index (Phi) is 3.74. The van der Waals surface area contributed by atoms with E-state index < -0.39 is 23.6 Å². The van der Waals surface area contributed by atoms with Gasteiger partial charge in [-0.2, -0.15) is 0 Å².